The zero-order valence-electron chi connectivity index (χ0n) is 11.9. The first-order chi connectivity index (χ1) is 10.7. The first-order valence-electron chi connectivity index (χ1n) is 6.47. The highest BCUT2D eigenvalue weighted by molar-refractivity contribution is 6.34. The van der Waals surface area contributed by atoms with E-state index in [-0.39, 0.29) is 27.6 Å². The Hall–Kier alpha value is -2.34. The van der Waals surface area contributed by atoms with Crippen LogP contribution >= 0.6 is 11.6 Å². The van der Waals surface area contributed by atoms with Gasteiger partial charge in [0.15, 0.2) is 5.78 Å². The van der Waals surface area contributed by atoms with Crippen molar-refractivity contribution < 1.29 is 22.8 Å². The molecule has 0 saturated heterocycles. The number of alkyl halides is 3. The van der Waals surface area contributed by atoms with Gasteiger partial charge in [-0.2, -0.15) is 13.2 Å². The zero-order valence-corrected chi connectivity index (χ0v) is 12.6. The minimum Gasteiger partial charge on any atom is -0.322 e. The molecule has 0 unspecified atom stereocenters. The van der Waals surface area contributed by atoms with Crippen molar-refractivity contribution in [1.82, 2.24) is 0 Å². The zero-order chi connectivity index (χ0) is 17.2. The van der Waals surface area contributed by atoms with Gasteiger partial charge >= 0.3 is 6.18 Å². The number of hydrogen-bond donors (Lipinski definition) is 1. The molecule has 0 bridgehead atoms. The van der Waals surface area contributed by atoms with Crippen LogP contribution in [0.15, 0.2) is 42.5 Å². The topological polar surface area (TPSA) is 46.2 Å². The van der Waals surface area contributed by atoms with Crippen LogP contribution in [0.25, 0.3) is 0 Å². The molecule has 2 rings (SSSR count). The number of halogens is 4. The summed E-state index contributed by atoms with van der Waals surface area (Å²) >= 11 is 5.86. The van der Waals surface area contributed by atoms with Crippen molar-refractivity contribution in [3.8, 4) is 0 Å². The molecule has 0 aliphatic carbocycles. The Balaban J connectivity index is 2.19. The summed E-state index contributed by atoms with van der Waals surface area (Å²) in [6.45, 7) is 1.32. The Morgan fingerprint density at radius 3 is 2.17 bits per heavy atom. The molecule has 0 spiro atoms. The normalized spacial score (nSPS) is 11.2. The molecule has 3 nitrogen and oxygen atoms in total. The minimum absolute atomic E-state index is 0.180. The molecule has 0 radical (unpaired) electrons. The maximum Gasteiger partial charge on any atom is 0.416 e. The lowest BCUT2D eigenvalue weighted by molar-refractivity contribution is -0.137. The van der Waals surface area contributed by atoms with Crippen molar-refractivity contribution in [2.75, 3.05) is 5.32 Å². The molecule has 7 heteroatoms. The molecule has 0 atom stereocenters. The Morgan fingerprint density at radius 1 is 1.04 bits per heavy atom. The predicted molar refractivity (Wildman–Crippen MR) is 80.9 cm³/mol. The van der Waals surface area contributed by atoms with E-state index in [9.17, 15) is 22.8 Å². The maximum absolute atomic E-state index is 12.5. The van der Waals surface area contributed by atoms with Gasteiger partial charge in [0.2, 0.25) is 0 Å². The summed E-state index contributed by atoms with van der Waals surface area (Å²) in [6.07, 6.45) is -4.44. The first-order valence-corrected chi connectivity index (χ1v) is 6.85. The van der Waals surface area contributed by atoms with Gasteiger partial charge in [-0.25, -0.2) is 0 Å². The quantitative estimate of drug-likeness (QED) is 0.814. The van der Waals surface area contributed by atoms with E-state index in [4.69, 9.17) is 11.6 Å². The largest absolute Gasteiger partial charge is 0.416 e. The van der Waals surface area contributed by atoms with Gasteiger partial charge in [0.1, 0.15) is 0 Å². The smallest absolute Gasteiger partial charge is 0.322 e. The van der Waals surface area contributed by atoms with Gasteiger partial charge in [0, 0.05) is 16.8 Å². The lowest BCUT2D eigenvalue weighted by atomic mass is 10.1. The fourth-order valence-corrected chi connectivity index (χ4v) is 2.13. The fourth-order valence-electron chi connectivity index (χ4n) is 1.88. The van der Waals surface area contributed by atoms with E-state index in [1.807, 2.05) is 0 Å². The van der Waals surface area contributed by atoms with Gasteiger partial charge in [-0.05, 0) is 49.4 Å². The summed E-state index contributed by atoms with van der Waals surface area (Å²) in [5, 5.41) is 2.69. The number of Topliss-reactive ketones (excluding diaryl/α,β-unsaturated/α-hetero) is 1. The van der Waals surface area contributed by atoms with Crippen molar-refractivity contribution in [1.29, 1.82) is 0 Å². The molecule has 0 saturated carbocycles. The number of rotatable bonds is 3. The minimum atomic E-state index is -4.44. The third-order valence-corrected chi connectivity index (χ3v) is 3.41. The number of carbonyl (C=O) groups is 2. The molecule has 23 heavy (non-hydrogen) atoms. The molecular weight excluding hydrogens is 331 g/mol. The number of amides is 1. The summed E-state index contributed by atoms with van der Waals surface area (Å²) < 4.78 is 37.4. The van der Waals surface area contributed by atoms with Crippen molar-refractivity contribution in [3.63, 3.8) is 0 Å². The molecule has 0 aliphatic rings. The van der Waals surface area contributed by atoms with E-state index in [0.717, 1.165) is 24.3 Å². The number of hydrogen-bond acceptors (Lipinski definition) is 2. The Bertz CT molecular complexity index is 755. The summed E-state index contributed by atoms with van der Waals surface area (Å²) in [5.74, 6) is -0.844. The van der Waals surface area contributed by atoms with E-state index >= 15 is 0 Å². The Kier molecular flexibility index (Phi) is 4.75. The van der Waals surface area contributed by atoms with Gasteiger partial charge < -0.3 is 5.32 Å². The lowest BCUT2D eigenvalue weighted by Crippen LogP contribution is -2.13. The van der Waals surface area contributed by atoms with Gasteiger partial charge in [-0.3, -0.25) is 9.59 Å². The van der Waals surface area contributed by atoms with E-state index < -0.39 is 17.6 Å². The van der Waals surface area contributed by atoms with Gasteiger partial charge in [-0.15, -0.1) is 0 Å². The third kappa shape index (κ3) is 4.10. The lowest BCUT2D eigenvalue weighted by Gasteiger charge is -2.09. The van der Waals surface area contributed by atoms with Crippen LogP contribution in [0.2, 0.25) is 5.02 Å². The van der Waals surface area contributed by atoms with Gasteiger partial charge in [0.25, 0.3) is 5.91 Å². The standard InChI is InChI=1S/C16H11ClF3NO2/c1-9(22)13-8-10(2-7-14(13)17)15(23)21-12-5-3-11(4-6-12)16(18,19)20/h2-8H,1H3,(H,21,23). The van der Waals surface area contributed by atoms with Crippen LogP contribution < -0.4 is 5.32 Å². The second-order valence-electron chi connectivity index (χ2n) is 4.78. The Morgan fingerprint density at radius 2 is 1.65 bits per heavy atom. The first kappa shape index (κ1) is 17.0. The third-order valence-electron chi connectivity index (χ3n) is 3.08. The molecule has 0 fully saturated rings. The number of ketones is 1. The Labute approximate surface area is 135 Å². The van der Waals surface area contributed by atoms with E-state index in [0.29, 0.717) is 0 Å². The maximum atomic E-state index is 12.5. The van der Waals surface area contributed by atoms with Gasteiger partial charge in [0.05, 0.1) is 10.6 Å². The van der Waals surface area contributed by atoms with Crippen LogP contribution in [0.1, 0.15) is 33.2 Å². The van der Waals surface area contributed by atoms with Crippen molar-refractivity contribution in [2.45, 2.75) is 13.1 Å². The van der Waals surface area contributed by atoms with Crippen LogP contribution in [-0.2, 0) is 6.18 Å². The van der Waals surface area contributed by atoms with Crippen molar-refractivity contribution in [2.24, 2.45) is 0 Å². The molecule has 0 aliphatic heterocycles. The van der Waals surface area contributed by atoms with E-state index in [1.165, 1.54) is 25.1 Å². The second kappa shape index (κ2) is 6.42. The van der Waals surface area contributed by atoms with Crippen molar-refractivity contribution in [3.05, 3.63) is 64.2 Å². The number of benzene rings is 2. The molecule has 2 aromatic rings. The molecule has 0 aromatic heterocycles. The van der Waals surface area contributed by atoms with Crippen LogP contribution in [0, 0.1) is 0 Å². The van der Waals surface area contributed by atoms with Crippen LogP contribution in [-0.4, -0.2) is 11.7 Å². The summed E-state index contributed by atoms with van der Waals surface area (Å²) in [5.41, 5.74) is -0.214. The average Bonchev–Trinajstić information content (AvgIpc) is 2.47. The highest BCUT2D eigenvalue weighted by Gasteiger charge is 2.30. The summed E-state index contributed by atoms with van der Waals surface area (Å²) in [7, 11) is 0. The summed E-state index contributed by atoms with van der Waals surface area (Å²) in [6, 6.07) is 8.24. The summed E-state index contributed by atoms with van der Waals surface area (Å²) in [4.78, 5) is 23.5. The molecule has 1 N–H and O–H groups in total. The molecule has 120 valence electrons. The highest BCUT2D eigenvalue weighted by atomic mass is 35.5. The SMILES string of the molecule is CC(=O)c1cc(C(=O)Nc2ccc(C(F)(F)F)cc2)ccc1Cl. The monoisotopic (exact) mass is 341 g/mol. The highest BCUT2D eigenvalue weighted by Crippen LogP contribution is 2.30. The van der Waals surface area contributed by atoms with E-state index in [1.54, 1.807) is 0 Å². The number of carbonyl (C=O) groups excluding carboxylic acids is 2. The van der Waals surface area contributed by atoms with Crippen molar-refractivity contribution >= 4 is 29.0 Å². The molecule has 0 heterocycles. The fraction of sp³-hybridized carbons (Fsp3) is 0.125. The van der Waals surface area contributed by atoms with Crippen LogP contribution in [0.4, 0.5) is 18.9 Å². The van der Waals surface area contributed by atoms with E-state index in [2.05, 4.69) is 5.32 Å². The van der Waals surface area contributed by atoms with Crippen LogP contribution in [0.3, 0.4) is 0 Å². The molecule has 2 aromatic carbocycles. The second-order valence-corrected chi connectivity index (χ2v) is 5.19. The average molecular weight is 342 g/mol. The molecular formula is C16H11ClF3NO2. The number of anilines is 1. The van der Waals surface area contributed by atoms with Crippen LogP contribution in [0.5, 0.6) is 0 Å². The van der Waals surface area contributed by atoms with Gasteiger partial charge in [-0.1, -0.05) is 11.6 Å². The predicted octanol–water partition coefficient (Wildman–Crippen LogP) is 4.81. The molecule has 1 amide bonds. The number of nitrogens with one attached hydrogen (secondary N) is 1.